The van der Waals surface area contributed by atoms with Crippen LogP contribution in [-0.4, -0.2) is 0 Å². The zero-order chi connectivity index (χ0) is 10.3. The molecule has 0 saturated carbocycles. The first-order chi connectivity index (χ1) is 6.27. The second-order valence-electron chi connectivity index (χ2n) is 3.27. The lowest BCUT2D eigenvalue weighted by molar-refractivity contribution is 0.626. The van der Waals surface area contributed by atoms with E-state index in [-0.39, 0.29) is 0 Å². The molecule has 0 spiro atoms. The van der Waals surface area contributed by atoms with Crippen LogP contribution in [0.4, 0.5) is 0 Å². The Morgan fingerprint density at radius 3 is 2.23 bits per heavy atom. The van der Waals surface area contributed by atoms with Crippen LogP contribution in [0.15, 0.2) is 36.0 Å². The maximum absolute atomic E-state index is 3.82. The summed E-state index contributed by atoms with van der Waals surface area (Å²) in [6, 6.07) is 0. The van der Waals surface area contributed by atoms with E-state index in [1.165, 1.54) is 24.0 Å². The molecule has 0 heteroatoms. The third-order valence-corrected chi connectivity index (χ3v) is 2.16. The van der Waals surface area contributed by atoms with Gasteiger partial charge in [0.1, 0.15) is 0 Å². The second-order valence-corrected chi connectivity index (χ2v) is 3.27. The summed E-state index contributed by atoms with van der Waals surface area (Å²) in [7, 11) is 0. The van der Waals surface area contributed by atoms with Crippen LogP contribution in [0.1, 0.15) is 40.5 Å². The molecule has 1 aliphatic carbocycles. The van der Waals surface area contributed by atoms with Crippen LogP contribution in [0.2, 0.25) is 0 Å². The van der Waals surface area contributed by atoms with E-state index in [2.05, 4.69) is 32.6 Å². The van der Waals surface area contributed by atoms with Gasteiger partial charge in [-0.05, 0) is 36.8 Å². The lowest BCUT2D eigenvalue weighted by Gasteiger charge is -1.96. The van der Waals surface area contributed by atoms with Crippen molar-refractivity contribution in [1.29, 1.82) is 0 Å². The number of allylic oxidation sites excluding steroid dienone is 5. The molecule has 0 saturated heterocycles. The molecule has 0 amide bonds. The molecular formula is C13H22. The first-order valence-electron chi connectivity index (χ1n) is 5.25. The minimum Gasteiger partial charge on any atom is -0.0988 e. The van der Waals surface area contributed by atoms with E-state index in [1.807, 2.05) is 19.9 Å². The Morgan fingerprint density at radius 2 is 1.77 bits per heavy atom. The van der Waals surface area contributed by atoms with Crippen LogP contribution >= 0.6 is 0 Å². The molecular weight excluding hydrogens is 156 g/mol. The van der Waals surface area contributed by atoms with Gasteiger partial charge in [0.15, 0.2) is 0 Å². The highest BCUT2D eigenvalue weighted by molar-refractivity contribution is 5.36. The van der Waals surface area contributed by atoms with Crippen LogP contribution < -0.4 is 0 Å². The van der Waals surface area contributed by atoms with Crippen molar-refractivity contribution in [1.82, 2.24) is 0 Å². The fourth-order valence-corrected chi connectivity index (χ4v) is 1.68. The fourth-order valence-electron chi connectivity index (χ4n) is 1.68. The Bertz CT molecular complexity index is 206. The summed E-state index contributed by atoms with van der Waals surface area (Å²) in [4.78, 5) is 0. The van der Waals surface area contributed by atoms with Gasteiger partial charge in [-0.15, -0.1) is 0 Å². The minimum absolute atomic E-state index is 0.814. The van der Waals surface area contributed by atoms with Crippen LogP contribution in [0.25, 0.3) is 0 Å². The highest BCUT2D eigenvalue weighted by atomic mass is 14.2. The van der Waals surface area contributed by atoms with Crippen molar-refractivity contribution in [2.75, 3.05) is 0 Å². The summed E-state index contributed by atoms with van der Waals surface area (Å²) in [6.07, 6.45) is 8.76. The summed E-state index contributed by atoms with van der Waals surface area (Å²) in [5, 5.41) is 0. The third-order valence-electron chi connectivity index (χ3n) is 2.16. The second kappa shape index (κ2) is 6.71. The maximum atomic E-state index is 3.82. The van der Waals surface area contributed by atoms with E-state index >= 15 is 0 Å². The van der Waals surface area contributed by atoms with Crippen molar-refractivity contribution >= 4 is 0 Å². The van der Waals surface area contributed by atoms with Gasteiger partial charge in [0.2, 0.25) is 0 Å². The molecule has 0 heterocycles. The van der Waals surface area contributed by atoms with Crippen LogP contribution in [0.3, 0.4) is 0 Å². The Labute approximate surface area is 83.0 Å². The SMILES string of the molecule is C=CC1=C(/C=C\C)CC(C)C1.CC. The fraction of sp³-hybridized carbons (Fsp3) is 0.538. The van der Waals surface area contributed by atoms with E-state index < -0.39 is 0 Å². The van der Waals surface area contributed by atoms with E-state index in [9.17, 15) is 0 Å². The normalized spacial score (nSPS) is 21.7. The third kappa shape index (κ3) is 3.63. The average molecular weight is 178 g/mol. The lowest BCUT2D eigenvalue weighted by Crippen LogP contribution is -1.83. The molecule has 0 aromatic carbocycles. The first-order valence-corrected chi connectivity index (χ1v) is 5.25. The Morgan fingerprint density at radius 1 is 1.23 bits per heavy atom. The maximum Gasteiger partial charge on any atom is -0.0247 e. The minimum atomic E-state index is 0.814. The quantitative estimate of drug-likeness (QED) is 0.584. The van der Waals surface area contributed by atoms with Crippen LogP contribution in [0.5, 0.6) is 0 Å². The summed E-state index contributed by atoms with van der Waals surface area (Å²) in [5.41, 5.74) is 2.92. The summed E-state index contributed by atoms with van der Waals surface area (Å²) >= 11 is 0. The molecule has 0 aromatic heterocycles. The monoisotopic (exact) mass is 178 g/mol. The molecule has 1 rings (SSSR count). The number of hydrogen-bond donors (Lipinski definition) is 0. The Kier molecular flexibility index (Phi) is 6.30. The van der Waals surface area contributed by atoms with Gasteiger partial charge in [0.25, 0.3) is 0 Å². The van der Waals surface area contributed by atoms with Gasteiger partial charge < -0.3 is 0 Å². The Hall–Kier alpha value is -0.780. The van der Waals surface area contributed by atoms with Gasteiger partial charge in [-0.2, -0.15) is 0 Å². The molecule has 74 valence electrons. The van der Waals surface area contributed by atoms with Crippen molar-refractivity contribution in [3.05, 3.63) is 36.0 Å². The standard InChI is InChI=1S/C11H16.C2H6/c1-4-6-11-8-9(3)7-10(11)5-2;1-2/h4-6,9H,2,7-8H2,1,3H3;1-2H3/b6-4-;. The molecule has 1 unspecified atom stereocenters. The van der Waals surface area contributed by atoms with Gasteiger partial charge >= 0.3 is 0 Å². The van der Waals surface area contributed by atoms with E-state index in [0.717, 1.165) is 5.92 Å². The molecule has 1 atom stereocenters. The number of rotatable bonds is 2. The average Bonchev–Trinajstić information content (AvgIpc) is 2.50. The molecule has 0 radical (unpaired) electrons. The summed E-state index contributed by atoms with van der Waals surface area (Å²) in [5.74, 6) is 0.814. The zero-order valence-corrected chi connectivity index (χ0v) is 9.43. The molecule has 0 aromatic rings. The zero-order valence-electron chi connectivity index (χ0n) is 9.43. The summed E-state index contributed by atoms with van der Waals surface area (Å²) in [6.45, 7) is 12.2. The van der Waals surface area contributed by atoms with Gasteiger partial charge in [0.05, 0.1) is 0 Å². The van der Waals surface area contributed by atoms with Gasteiger partial charge in [0, 0.05) is 0 Å². The van der Waals surface area contributed by atoms with Crippen molar-refractivity contribution in [2.45, 2.75) is 40.5 Å². The summed E-state index contributed by atoms with van der Waals surface area (Å²) < 4.78 is 0. The molecule has 1 aliphatic rings. The van der Waals surface area contributed by atoms with Crippen molar-refractivity contribution in [2.24, 2.45) is 5.92 Å². The molecule has 0 N–H and O–H groups in total. The van der Waals surface area contributed by atoms with E-state index in [4.69, 9.17) is 0 Å². The van der Waals surface area contributed by atoms with Crippen LogP contribution in [-0.2, 0) is 0 Å². The van der Waals surface area contributed by atoms with Crippen molar-refractivity contribution in [3.63, 3.8) is 0 Å². The molecule has 0 bridgehead atoms. The topological polar surface area (TPSA) is 0 Å². The Balaban J connectivity index is 0.000000671. The van der Waals surface area contributed by atoms with Crippen molar-refractivity contribution < 1.29 is 0 Å². The largest absolute Gasteiger partial charge is 0.0988 e. The predicted molar refractivity (Wildman–Crippen MR) is 61.8 cm³/mol. The molecule has 0 nitrogen and oxygen atoms in total. The van der Waals surface area contributed by atoms with Gasteiger partial charge in [-0.25, -0.2) is 0 Å². The van der Waals surface area contributed by atoms with Crippen molar-refractivity contribution in [3.8, 4) is 0 Å². The number of hydrogen-bond acceptors (Lipinski definition) is 0. The van der Waals surface area contributed by atoms with Gasteiger partial charge in [-0.1, -0.05) is 45.6 Å². The van der Waals surface area contributed by atoms with E-state index in [0.29, 0.717) is 0 Å². The highest BCUT2D eigenvalue weighted by Gasteiger charge is 2.16. The van der Waals surface area contributed by atoms with E-state index in [1.54, 1.807) is 0 Å². The van der Waals surface area contributed by atoms with Gasteiger partial charge in [-0.3, -0.25) is 0 Å². The first kappa shape index (κ1) is 12.2. The lowest BCUT2D eigenvalue weighted by atomic mass is 10.1. The smallest absolute Gasteiger partial charge is 0.0247 e. The molecule has 13 heavy (non-hydrogen) atoms. The highest BCUT2D eigenvalue weighted by Crippen LogP contribution is 2.32. The predicted octanol–water partition coefficient (Wildman–Crippen LogP) is 4.50. The molecule has 0 aliphatic heterocycles. The molecule has 0 fully saturated rings. The van der Waals surface area contributed by atoms with Crippen LogP contribution in [0, 0.1) is 5.92 Å².